The quantitative estimate of drug-likeness (QED) is 0.816. The third kappa shape index (κ3) is 4.44. The van der Waals surface area contributed by atoms with E-state index in [9.17, 15) is 13.2 Å². The van der Waals surface area contributed by atoms with Crippen LogP contribution in [0.15, 0.2) is 0 Å². The highest BCUT2D eigenvalue weighted by Gasteiger charge is 2.39. The molecule has 0 aromatic rings. The Hall–Kier alpha value is -0.330. The molecule has 6 heteroatoms. The van der Waals surface area contributed by atoms with Crippen LogP contribution in [0.3, 0.4) is 0 Å². The van der Waals surface area contributed by atoms with Crippen molar-refractivity contribution in [3.8, 4) is 0 Å². The third-order valence-corrected chi connectivity index (χ3v) is 3.57. The van der Waals surface area contributed by atoms with Gasteiger partial charge in [0.15, 0.2) is 0 Å². The SMILES string of the molecule is CN1CCC(N(C)CC(CN)C(F)(F)F)CC1. The van der Waals surface area contributed by atoms with Crippen molar-refractivity contribution in [2.45, 2.75) is 25.1 Å². The number of alkyl halides is 3. The molecule has 1 aliphatic rings. The van der Waals surface area contributed by atoms with Gasteiger partial charge >= 0.3 is 6.18 Å². The zero-order valence-corrected chi connectivity index (χ0v) is 10.5. The van der Waals surface area contributed by atoms with Crippen molar-refractivity contribution in [1.29, 1.82) is 0 Å². The normalized spacial score (nSPS) is 22.1. The van der Waals surface area contributed by atoms with Crippen LogP contribution in [0.2, 0.25) is 0 Å². The van der Waals surface area contributed by atoms with E-state index < -0.39 is 12.1 Å². The van der Waals surface area contributed by atoms with Crippen LogP contribution in [-0.2, 0) is 0 Å². The summed E-state index contributed by atoms with van der Waals surface area (Å²) >= 11 is 0. The molecule has 1 aliphatic heterocycles. The van der Waals surface area contributed by atoms with E-state index in [0.717, 1.165) is 25.9 Å². The molecule has 0 aliphatic carbocycles. The number of piperidine rings is 1. The van der Waals surface area contributed by atoms with Crippen LogP contribution in [0, 0.1) is 5.92 Å². The van der Waals surface area contributed by atoms with Crippen molar-refractivity contribution in [2.75, 3.05) is 40.3 Å². The molecule has 0 saturated carbocycles. The highest BCUT2D eigenvalue weighted by atomic mass is 19.4. The van der Waals surface area contributed by atoms with Crippen LogP contribution >= 0.6 is 0 Å². The van der Waals surface area contributed by atoms with E-state index in [1.807, 2.05) is 11.9 Å². The summed E-state index contributed by atoms with van der Waals surface area (Å²) < 4.78 is 37.8. The lowest BCUT2D eigenvalue weighted by Gasteiger charge is -2.36. The van der Waals surface area contributed by atoms with Gasteiger partial charge in [-0.15, -0.1) is 0 Å². The number of nitrogens with zero attached hydrogens (tertiary/aromatic N) is 2. The van der Waals surface area contributed by atoms with Gasteiger partial charge in [-0.2, -0.15) is 13.2 Å². The molecule has 0 spiro atoms. The maximum absolute atomic E-state index is 12.6. The molecule has 1 atom stereocenters. The molecule has 0 aromatic carbocycles. The Morgan fingerprint density at radius 3 is 2.29 bits per heavy atom. The molecule has 2 N–H and O–H groups in total. The second-order valence-electron chi connectivity index (χ2n) is 4.95. The van der Waals surface area contributed by atoms with E-state index in [4.69, 9.17) is 5.73 Å². The minimum absolute atomic E-state index is 0.00831. The van der Waals surface area contributed by atoms with E-state index in [2.05, 4.69) is 4.90 Å². The number of likely N-dealkylation sites (tertiary alicyclic amines) is 1. The van der Waals surface area contributed by atoms with Crippen LogP contribution in [0.4, 0.5) is 13.2 Å². The number of halogens is 3. The highest BCUT2D eigenvalue weighted by molar-refractivity contribution is 4.80. The fourth-order valence-corrected chi connectivity index (χ4v) is 2.24. The Morgan fingerprint density at radius 1 is 1.35 bits per heavy atom. The van der Waals surface area contributed by atoms with Gasteiger partial charge in [0.2, 0.25) is 0 Å². The maximum atomic E-state index is 12.6. The molecule has 17 heavy (non-hydrogen) atoms. The van der Waals surface area contributed by atoms with Crippen molar-refractivity contribution >= 4 is 0 Å². The molecule has 0 radical (unpaired) electrons. The number of hydrogen-bond donors (Lipinski definition) is 1. The summed E-state index contributed by atoms with van der Waals surface area (Å²) in [5.74, 6) is -1.41. The first-order valence-electron chi connectivity index (χ1n) is 6.00. The molecule has 1 heterocycles. The van der Waals surface area contributed by atoms with E-state index in [0.29, 0.717) is 0 Å². The molecular formula is C11H22F3N3. The van der Waals surface area contributed by atoms with E-state index in [1.165, 1.54) is 0 Å². The first-order valence-corrected chi connectivity index (χ1v) is 6.00. The zero-order chi connectivity index (χ0) is 13.1. The monoisotopic (exact) mass is 253 g/mol. The summed E-state index contributed by atoms with van der Waals surface area (Å²) in [5, 5.41) is 0. The van der Waals surface area contributed by atoms with Gasteiger partial charge in [0, 0.05) is 19.1 Å². The summed E-state index contributed by atoms with van der Waals surface area (Å²) in [6.07, 6.45) is -2.32. The Morgan fingerprint density at radius 2 is 1.88 bits per heavy atom. The Kier molecular flexibility index (Phi) is 5.22. The number of hydrogen-bond acceptors (Lipinski definition) is 3. The smallest absolute Gasteiger partial charge is 0.330 e. The van der Waals surface area contributed by atoms with Gasteiger partial charge in [-0.05, 0) is 40.0 Å². The predicted molar refractivity (Wildman–Crippen MR) is 61.7 cm³/mol. The molecule has 1 fully saturated rings. The van der Waals surface area contributed by atoms with Crippen molar-refractivity contribution in [3.63, 3.8) is 0 Å². The lowest BCUT2D eigenvalue weighted by Crippen LogP contribution is -2.47. The van der Waals surface area contributed by atoms with Crippen LogP contribution in [0.25, 0.3) is 0 Å². The molecule has 102 valence electrons. The van der Waals surface area contributed by atoms with Gasteiger partial charge < -0.3 is 15.5 Å². The van der Waals surface area contributed by atoms with Gasteiger partial charge in [-0.3, -0.25) is 0 Å². The first kappa shape index (κ1) is 14.7. The second-order valence-corrected chi connectivity index (χ2v) is 4.95. The zero-order valence-electron chi connectivity index (χ0n) is 10.5. The minimum atomic E-state index is -4.19. The Bertz CT molecular complexity index is 224. The summed E-state index contributed by atoms with van der Waals surface area (Å²) in [5.41, 5.74) is 5.20. The molecule has 0 aromatic heterocycles. The topological polar surface area (TPSA) is 32.5 Å². The van der Waals surface area contributed by atoms with Crippen LogP contribution < -0.4 is 5.73 Å². The van der Waals surface area contributed by atoms with E-state index >= 15 is 0 Å². The summed E-state index contributed by atoms with van der Waals surface area (Å²) in [6, 6.07) is 0.252. The summed E-state index contributed by atoms with van der Waals surface area (Å²) in [4.78, 5) is 4.02. The van der Waals surface area contributed by atoms with Crippen molar-refractivity contribution in [2.24, 2.45) is 11.7 Å². The van der Waals surface area contributed by atoms with Crippen LogP contribution in [0.1, 0.15) is 12.8 Å². The van der Waals surface area contributed by atoms with Crippen molar-refractivity contribution < 1.29 is 13.2 Å². The molecule has 1 saturated heterocycles. The molecule has 0 amide bonds. The molecular weight excluding hydrogens is 231 g/mol. The largest absolute Gasteiger partial charge is 0.394 e. The van der Waals surface area contributed by atoms with Gasteiger partial charge in [-0.1, -0.05) is 0 Å². The molecule has 1 unspecified atom stereocenters. The van der Waals surface area contributed by atoms with Gasteiger partial charge in [0.1, 0.15) is 0 Å². The minimum Gasteiger partial charge on any atom is -0.330 e. The fraction of sp³-hybridized carbons (Fsp3) is 1.00. The Balaban J connectivity index is 2.44. The average molecular weight is 253 g/mol. The van der Waals surface area contributed by atoms with E-state index in [-0.39, 0.29) is 19.1 Å². The Labute approximate surface area is 101 Å². The van der Waals surface area contributed by atoms with Crippen molar-refractivity contribution in [1.82, 2.24) is 9.80 Å². The van der Waals surface area contributed by atoms with Crippen LogP contribution in [0.5, 0.6) is 0 Å². The fourth-order valence-electron chi connectivity index (χ4n) is 2.24. The maximum Gasteiger partial charge on any atom is 0.394 e. The van der Waals surface area contributed by atoms with Gasteiger partial charge in [0.05, 0.1) is 5.92 Å². The third-order valence-electron chi connectivity index (χ3n) is 3.57. The molecule has 1 rings (SSSR count). The van der Waals surface area contributed by atoms with Crippen LogP contribution in [-0.4, -0.2) is 62.3 Å². The van der Waals surface area contributed by atoms with E-state index in [1.54, 1.807) is 7.05 Å². The highest BCUT2D eigenvalue weighted by Crippen LogP contribution is 2.27. The lowest BCUT2D eigenvalue weighted by atomic mass is 10.0. The average Bonchev–Trinajstić information content (AvgIpc) is 2.24. The second kappa shape index (κ2) is 6.02. The molecule has 0 bridgehead atoms. The lowest BCUT2D eigenvalue weighted by molar-refractivity contribution is -0.177. The summed E-state index contributed by atoms with van der Waals surface area (Å²) in [6.45, 7) is 1.58. The summed E-state index contributed by atoms with van der Waals surface area (Å²) in [7, 11) is 3.80. The van der Waals surface area contributed by atoms with Gasteiger partial charge in [-0.25, -0.2) is 0 Å². The predicted octanol–water partition coefficient (Wildman–Crippen LogP) is 1.15. The van der Waals surface area contributed by atoms with Crippen molar-refractivity contribution in [3.05, 3.63) is 0 Å². The number of nitrogens with two attached hydrogens (primary N) is 1. The molecule has 3 nitrogen and oxygen atoms in total. The first-order chi connectivity index (χ1) is 7.84. The standard InChI is InChI=1S/C11H22F3N3/c1-16-5-3-10(4-6-16)17(2)8-9(7-15)11(12,13)14/h9-10H,3-8,15H2,1-2H3. The van der Waals surface area contributed by atoms with Gasteiger partial charge in [0.25, 0.3) is 0 Å². The number of rotatable bonds is 4.